The molecule has 340 valence electrons. The van der Waals surface area contributed by atoms with Gasteiger partial charge in [0.2, 0.25) is 0 Å². The van der Waals surface area contributed by atoms with Gasteiger partial charge in [-0.25, -0.2) is 0 Å². The fourth-order valence-electron chi connectivity index (χ4n) is 11.8. The lowest BCUT2D eigenvalue weighted by Crippen LogP contribution is -2.10. The third-order valence-electron chi connectivity index (χ3n) is 15.1. The fourth-order valence-corrected chi connectivity index (χ4v) is 11.8. The summed E-state index contributed by atoms with van der Waals surface area (Å²) >= 11 is 0. The Hall–Kier alpha value is -9.38. The van der Waals surface area contributed by atoms with Gasteiger partial charge in [0.1, 0.15) is 0 Å². The van der Waals surface area contributed by atoms with Gasteiger partial charge in [0.15, 0.2) is 0 Å². The van der Waals surface area contributed by atoms with E-state index in [2.05, 4.69) is 288 Å². The Morgan fingerprint density at radius 2 is 0.569 bits per heavy atom. The van der Waals surface area contributed by atoms with Gasteiger partial charge < -0.3 is 18.9 Å². The molecule has 0 spiro atoms. The predicted molar refractivity (Wildman–Crippen MR) is 307 cm³/mol. The van der Waals surface area contributed by atoms with Gasteiger partial charge in [-0.2, -0.15) is 0 Å². The second kappa shape index (κ2) is 16.6. The Balaban J connectivity index is 0.881. The zero-order valence-corrected chi connectivity index (χ0v) is 40.0. The fraction of sp³-hybridized carbons (Fsp3) is 0.0294. The third kappa shape index (κ3) is 6.46. The van der Waals surface area contributed by atoms with Crippen LogP contribution in [0.2, 0.25) is 0 Å². The van der Waals surface area contributed by atoms with Crippen LogP contribution in [0.15, 0.2) is 255 Å². The summed E-state index contributed by atoms with van der Waals surface area (Å²) in [5.74, 6) is 0. The Kier molecular flexibility index (Phi) is 9.62. The third-order valence-corrected chi connectivity index (χ3v) is 15.1. The van der Waals surface area contributed by atoms with Gasteiger partial charge in [-0.15, -0.1) is 0 Å². The highest BCUT2D eigenvalue weighted by molar-refractivity contribution is 6.29. The largest absolute Gasteiger partial charge is 0.344 e. The standard InChI is InChI=1S/C68H48N4/c1-69-63-41-37-58-57(67(63)59-33-31-45(43-65(59)69)51-35-39-61(55-29-17-15-27-53(51)55)71(47-19-7-3-8-20-47)48-21-9-4-10-22-48)38-42-64-68(58)60-34-32-46(44-66(60)70(64)2)52-36-40-62(56-30-18-16-28-54(52)56)72(49-23-11-5-12-24-49)50-25-13-6-14-26-50/h3-44H,1-2H3. The number of nitrogens with zero attached hydrogens (tertiary/aromatic N) is 4. The Bertz CT molecular complexity index is 4040. The zero-order chi connectivity index (χ0) is 47.9. The molecule has 0 atom stereocenters. The van der Waals surface area contributed by atoms with Gasteiger partial charge in [-0.05, 0) is 129 Å². The van der Waals surface area contributed by atoms with Crippen LogP contribution < -0.4 is 9.80 Å². The van der Waals surface area contributed by atoms with Crippen molar-refractivity contribution in [3.8, 4) is 22.3 Å². The van der Waals surface area contributed by atoms with Crippen LogP contribution in [0, 0.1) is 0 Å². The number of benzene rings is 12. The molecule has 14 rings (SSSR count). The van der Waals surface area contributed by atoms with Crippen LogP contribution in [0.25, 0.3) is 98.2 Å². The molecule has 72 heavy (non-hydrogen) atoms. The molecule has 0 aliphatic carbocycles. The van der Waals surface area contributed by atoms with Crippen LogP contribution in [0.3, 0.4) is 0 Å². The molecule has 0 saturated carbocycles. The Morgan fingerprint density at radius 1 is 0.250 bits per heavy atom. The molecule has 0 amide bonds. The topological polar surface area (TPSA) is 16.3 Å². The lowest BCUT2D eigenvalue weighted by atomic mass is 9.94. The van der Waals surface area contributed by atoms with Crippen LogP contribution >= 0.6 is 0 Å². The molecular formula is C68H48N4. The van der Waals surface area contributed by atoms with Gasteiger partial charge in [0.05, 0.1) is 11.4 Å². The van der Waals surface area contributed by atoms with E-state index < -0.39 is 0 Å². The van der Waals surface area contributed by atoms with Crippen molar-refractivity contribution in [2.24, 2.45) is 14.1 Å². The maximum absolute atomic E-state index is 2.39. The Morgan fingerprint density at radius 3 is 0.931 bits per heavy atom. The van der Waals surface area contributed by atoms with Crippen molar-refractivity contribution >= 4 is 110 Å². The van der Waals surface area contributed by atoms with Crippen LogP contribution in [-0.2, 0) is 14.1 Å². The molecule has 0 aliphatic heterocycles. The van der Waals surface area contributed by atoms with E-state index in [1.165, 1.54) is 98.2 Å². The first-order valence-corrected chi connectivity index (χ1v) is 24.8. The van der Waals surface area contributed by atoms with Crippen molar-refractivity contribution in [1.29, 1.82) is 0 Å². The summed E-state index contributed by atoms with van der Waals surface area (Å²) in [4.78, 5) is 4.73. The van der Waals surface area contributed by atoms with E-state index in [-0.39, 0.29) is 0 Å². The molecule has 14 aromatic rings. The molecule has 0 saturated heterocycles. The second-order valence-corrected chi connectivity index (χ2v) is 19.0. The monoisotopic (exact) mass is 920 g/mol. The summed E-state index contributed by atoms with van der Waals surface area (Å²) in [6.07, 6.45) is 0. The average molecular weight is 921 g/mol. The number of hydrogen-bond acceptors (Lipinski definition) is 2. The molecule has 4 nitrogen and oxygen atoms in total. The normalized spacial score (nSPS) is 11.8. The zero-order valence-electron chi connectivity index (χ0n) is 40.0. The molecule has 4 heteroatoms. The number of para-hydroxylation sites is 4. The van der Waals surface area contributed by atoms with E-state index in [1.807, 2.05) is 0 Å². The molecule has 0 radical (unpaired) electrons. The second-order valence-electron chi connectivity index (χ2n) is 19.0. The first-order valence-electron chi connectivity index (χ1n) is 24.8. The van der Waals surface area contributed by atoms with Gasteiger partial charge in [0, 0.05) is 91.2 Å². The summed E-state index contributed by atoms with van der Waals surface area (Å²) in [6, 6.07) is 93.0. The number of rotatable bonds is 8. The molecule has 12 aromatic carbocycles. The molecule has 0 N–H and O–H groups in total. The highest BCUT2D eigenvalue weighted by Gasteiger charge is 2.22. The highest BCUT2D eigenvalue weighted by Crippen LogP contribution is 2.46. The number of aromatic nitrogens is 2. The number of fused-ring (bicyclic) bond motifs is 11. The minimum Gasteiger partial charge on any atom is -0.344 e. The van der Waals surface area contributed by atoms with Crippen molar-refractivity contribution in [2.45, 2.75) is 0 Å². The number of anilines is 6. The molecule has 2 heterocycles. The maximum Gasteiger partial charge on any atom is 0.0540 e. The SMILES string of the molecule is Cn1c2cc(-c3ccc(N(c4ccccc4)c4ccccc4)c4ccccc34)ccc2c2c3ccc4c(c3ccc21)c1ccc(-c2ccc(N(c3ccccc3)c3ccccc3)c3ccccc23)cc1n4C. The molecule has 0 unspecified atom stereocenters. The molecule has 2 aromatic heterocycles. The molecule has 0 fully saturated rings. The summed E-state index contributed by atoms with van der Waals surface area (Å²) in [6.45, 7) is 0. The van der Waals surface area contributed by atoms with Crippen LogP contribution in [0.1, 0.15) is 0 Å². The minimum absolute atomic E-state index is 1.13. The summed E-state index contributed by atoms with van der Waals surface area (Å²) in [5.41, 5.74) is 16.5. The smallest absolute Gasteiger partial charge is 0.0540 e. The van der Waals surface area contributed by atoms with Crippen molar-refractivity contribution in [3.05, 3.63) is 255 Å². The van der Waals surface area contributed by atoms with E-state index in [9.17, 15) is 0 Å². The summed E-state index contributed by atoms with van der Waals surface area (Å²) in [5, 5.41) is 12.5. The van der Waals surface area contributed by atoms with E-state index in [0.29, 0.717) is 0 Å². The molecular weight excluding hydrogens is 873 g/mol. The summed E-state index contributed by atoms with van der Waals surface area (Å²) in [7, 11) is 4.43. The molecule has 0 aliphatic rings. The minimum atomic E-state index is 1.13. The lowest BCUT2D eigenvalue weighted by molar-refractivity contribution is 1.01. The lowest BCUT2D eigenvalue weighted by Gasteiger charge is -2.27. The van der Waals surface area contributed by atoms with Gasteiger partial charge in [-0.3, -0.25) is 0 Å². The van der Waals surface area contributed by atoms with Crippen molar-refractivity contribution in [2.75, 3.05) is 9.80 Å². The average Bonchev–Trinajstić information content (AvgIpc) is 3.90. The van der Waals surface area contributed by atoms with Crippen LogP contribution in [-0.4, -0.2) is 9.13 Å². The Labute approximate surface area is 418 Å². The number of aryl methyl sites for hydroxylation is 2. The molecule has 0 bridgehead atoms. The highest BCUT2D eigenvalue weighted by atomic mass is 15.1. The van der Waals surface area contributed by atoms with E-state index in [4.69, 9.17) is 0 Å². The predicted octanol–water partition coefficient (Wildman–Crippen LogP) is 18.7. The van der Waals surface area contributed by atoms with E-state index in [1.54, 1.807) is 0 Å². The first kappa shape index (κ1) is 41.6. The van der Waals surface area contributed by atoms with Gasteiger partial charge >= 0.3 is 0 Å². The summed E-state index contributed by atoms with van der Waals surface area (Å²) < 4.78 is 4.76. The van der Waals surface area contributed by atoms with Crippen molar-refractivity contribution < 1.29 is 0 Å². The van der Waals surface area contributed by atoms with Crippen molar-refractivity contribution in [1.82, 2.24) is 9.13 Å². The van der Waals surface area contributed by atoms with Crippen LogP contribution in [0.5, 0.6) is 0 Å². The first-order chi connectivity index (χ1) is 35.6. The van der Waals surface area contributed by atoms with Gasteiger partial charge in [0.25, 0.3) is 0 Å². The van der Waals surface area contributed by atoms with Crippen molar-refractivity contribution in [3.63, 3.8) is 0 Å². The van der Waals surface area contributed by atoms with Crippen LogP contribution in [0.4, 0.5) is 34.1 Å². The van der Waals surface area contributed by atoms with E-state index >= 15 is 0 Å². The van der Waals surface area contributed by atoms with Gasteiger partial charge in [-0.1, -0.05) is 170 Å². The van der Waals surface area contributed by atoms with E-state index in [0.717, 1.165) is 34.1 Å². The quantitative estimate of drug-likeness (QED) is 0.151. The maximum atomic E-state index is 2.39. The number of hydrogen-bond donors (Lipinski definition) is 0.